The number of anilines is 1. The Morgan fingerprint density at radius 2 is 1.93 bits per heavy atom. The molecule has 4 rings (SSSR count). The monoisotopic (exact) mass is 445 g/mol. The highest BCUT2D eigenvalue weighted by Crippen LogP contribution is 2.34. The molecular formula is C19H23ClF3N5O2. The second-order valence-corrected chi connectivity index (χ2v) is 8.36. The number of aromatic nitrogens is 1. The molecule has 164 valence electrons. The number of carbonyl (C=O) groups is 2. The molecule has 2 atom stereocenters. The lowest BCUT2D eigenvalue weighted by molar-refractivity contribution is -0.137. The maximum Gasteiger partial charge on any atom is 0.417 e. The van der Waals surface area contributed by atoms with Gasteiger partial charge in [0.1, 0.15) is 5.82 Å². The molecule has 0 aromatic carbocycles. The van der Waals surface area contributed by atoms with E-state index in [4.69, 9.17) is 11.6 Å². The van der Waals surface area contributed by atoms with Crippen LogP contribution in [-0.4, -0.2) is 84.4 Å². The smallest absolute Gasteiger partial charge is 0.353 e. The lowest BCUT2D eigenvalue weighted by Crippen LogP contribution is -2.51. The van der Waals surface area contributed by atoms with E-state index in [9.17, 15) is 22.8 Å². The molecule has 0 saturated carbocycles. The van der Waals surface area contributed by atoms with Crippen LogP contribution >= 0.6 is 11.6 Å². The molecule has 4 heterocycles. The summed E-state index contributed by atoms with van der Waals surface area (Å²) in [5, 5.41) is 3.26. The Morgan fingerprint density at radius 3 is 2.53 bits per heavy atom. The Bertz CT molecular complexity index is 829. The molecule has 3 saturated heterocycles. The molecule has 1 N–H and O–H groups in total. The predicted molar refractivity (Wildman–Crippen MR) is 104 cm³/mol. The van der Waals surface area contributed by atoms with Gasteiger partial charge in [0.25, 0.3) is 0 Å². The lowest BCUT2D eigenvalue weighted by atomic mass is 10.1. The van der Waals surface area contributed by atoms with Gasteiger partial charge in [0.05, 0.1) is 23.2 Å². The molecule has 1 aromatic rings. The van der Waals surface area contributed by atoms with E-state index in [-0.39, 0.29) is 35.3 Å². The van der Waals surface area contributed by atoms with E-state index in [1.807, 2.05) is 4.90 Å². The van der Waals surface area contributed by atoms with Crippen molar-refractivity contribution in [3.8, 4) is 0 Å². The van der Waals surface area contributed by atoms with Crippen molar-refractivity contribution in [2.24, 2.45) is 0 Å². The van der Waals surface area contributed by atoms with Crippen LogP contribution in [-0.2, 0) is 15.8 Å². The van der Waals surface area contributed by atoms with Crippen molar-refractivity contribution in [3.05, 3.63) is 22.8 Å². The van der Waals surface area contributed by atoms with Gasteiger partial charge in [0, 0.05) is 57.9 Å². The maximum atomic E-state index is 12.8. The first kappa shape index (κ1) is 21.3. The minimum Gasteiger partial charge on any atom is -0.353 e. The number of nitrogens with zero attached hydrogens (tertiary/aromatic N) is 4. The van der Waals surface area contributed by atoms with Gasteiger partial charge >= 0.3 is 6.18 Å². The van der Waals surface area contributed by atoms with Crippen molar-refractivity contribution in [1.29, 1.82) is 0 Å². The highest BCUT2D eigenvalue weighted by Gasteiger charge is 2.38. The second kappa shape index (κ2) is 8.32. The van der Waals surface area contributed by atoms with E-state index >= 15 is 0 Å². The first-order valence-electron chi connectivity index (χ1n) is 9.98. The fourth-order valence-electron chi connectivity index (χ4n) is 4.34. The molecule has 7 nitrogen and oxygen atoms in total. The summed E-state index contributed by atoms with van der Waals surface area (Å²) in [6, 6.07) is 0.844. The van der Waals surface area contributed by atoms with Crippen LogP contribution in [0.25, 0.3) is 0 Å². The van der Waals surface area contributed by atoms with E-state index in [2.05, 4.69) is 15.2 Å². The van der Waals surface area contributed by atoms with Crippen LogP contribution < -0.4 is 10.2 Å². The Morgan fingerprint density at radius 1 is 1.20 bits per heavy atom. The lowest BCUT2D eigenvalue weighted by Gasteiger charge is -2.38. The Labute approximate surface area is 177 Å². The van der Waals surface area contributed by atoms with E-state index in [1.165, 1.54) is 0 Å². The number of amides is 1. The summed E-state index contributed by atoms with van der Waals surface area (Å²) >= 11 is 6.06. The SMILES string of the molecule is O=C1CCN(C(=O)[C@@H]2C[C@H](N3CCN(c4ncc(C(F)(F)F)cc4Cl)CC3)CN2)C1. The number of halogens is 4. The fourth-order valence-corrected chi connectivity index (χ4v) is 4.63. The topological polar surface area (TPSA) is 68.8 Å². The normalized spacial score (nSPS) is 25.9. The zero-order chi connectivity index (χ0) is 21.5. The van der Waals surface area contributed by atoms with Gasteiger partial charge in [-0.1, -0.05) is 11.6 Å². The van der Waals surface area contributed by atoms with Gasteiger partial charge in [-0.05, 0) is 12.5 Å². The van der Waals surface area contributed by atoms with Crippen molar-refractivity contribution >= 4 is 29.1 Å². The average Bonchev–Trinajstić information content (AvgIpc) is 3.36. The van der Waals surface area contributed by atoms with Crippen LogP contribution in [0.4, 0.5) is 19.0 Å². The summed E-state index contributed by atoms with van der Waals surface area (Å²) in [7, 11) is 0. The number of hydrogen-bond acceptors (Lipinski definition) is 6. The van der Waals surface area contributed by atoms with Crippen LogP contribution in [0.5, 0.6) is 0 Å². The molecule has 0 radical (unpaired) electrons. The van der Waals surface area contributed by atoms with Crippen LogP contribution in [0.15, 0.2) is 12.3 Å². The molecule has 1 aromatic heterocycles. The van der Waals surface area contributed by atoms with Crippen molar-refractivity contribution < 1.29 is 22.8 Å². The van der Waals surface area contributed by atoms with Crippen molar-refractivity contribution in [3.63, 3.8) is 0 Å². The average molecular weight is 446 g/mol. The number of piperazine rings is 1. The summed E-state index contributed by atoms with van der Waals surface area (Å²) in [4.78, 5) is 33.7. The number of rotatable bonds is 3. The summed E-state index contributed by atoms with van der Waals surface area (Å²) in [6.07, 6.45) is -2.54. The first-order valence-corrected chi connectivity index (χ1v) is 10.4. The van der Waals surface area contributed by atoms with Crippen LogP contribution in [0, 0.1) is 0 Å². The summed E-state index contributed by atoms with van der Waals surface area (Å²) in [6.45, 7) is 3.99. The zero-order valence-electron chi connectivity index (χ0n) is 16.3. The first-order chi connectivity index (χ1) is 14.2. The van der Waals surface area contributed by atoms with E-state index < -0.39 is 11.7 Å². The molecule has 3 fully saturated rings. The van der Waals surface area contributed by atoms with Gasteiger partial charge in [0.2, 0.25) is 5.91 Å². The van der Waals surface area contributed by atoms with E-state index in [0.29, 0.717) is 57.9 Å². The van der Waals surface area contributed by atoms with Crippen LogP contribution in [0.1, 0.15) is 18.4 Å². The molecule has 1 amide bonds. The van der Waals surface area contributed by atoms with Crippen molar-refractivity contribution in [1.82, 2.24) is 20.1 Å². The molecule has 0 aliphatic carbocycles. The minimum absolute atomic E-state index is 0.00775. The number of hydrogen-bond donors (Lipinski definition) is 1. The molecule has 0 spiro atoms. The van der Waals surface area contributed by atoms with E-state index in [0.717, 1.165) is 12.3 Å². The van der Waals surface area contributed by atoms with Gasteiger partial charge in [-0.25, -0.2) is 4.98 Å². The number of likely N-dealkylation sites (tertiary alicyclic amines) is 1. The highest BCUT2D eigenvalue weighted by molar-refractivity contribution is 6.33. The third-order valence-corrected chi connectivity index (χ3v) is 6.30. The van der Waals surface area contributed by atoms with Crippen LogP contribution in [0.3, 0.4) is 0 Å². The van der Waals surface area contributed by atoms with Gasteiger partial charge in [0.15, 0.2) is 5.78 Å². The fraction of sp³-hybridized carbons (Fsp3) is 0.632. The highest BCUT2D eigenvalue weighted by atomic mass is 35.5. The second-order valence-electron chi connectivity index (χ2n) is 7.95. The largest absolute Gasteiger partial charge is 0.417 e. The van der Waals surface area contributed by atoms with Crippen molar-refractivity contribution in [2.75, 3.05) is 50.7 Å². The molecule has 30 heavy (non-hydrogen) atoms. The predicted octanol–water partition coefficient (Wildman–Crippen LogP) is 1.41. The number of ketones is 1. The maximum absolute atomic E-state index is 12.8. The van der Waals surface area contributed by atoms with Crippen LogP contribution in [0.2, 0.25) is 5.02 Å². The van der Waals surface area contributed by atoms with Gasteiger partial charge in [-0.2, -0.15) is 13.2 Å². The Kier molecular flexibility index (Phi) is 5.91. The Hall–Kier alpha value is -1.91. The quantitative estimate of drug-likeness (QED) is 0.758. The van der Waals surface area contributed by atoms with Gasteiger partial charge < -0.3 is 15.1 Å². The molecule has 3 aliphatic rings. The summed E-state index contributed by atoms with van der Waals surface area (Å²) < 4.78 is 38.4. The van der Waals surface area contributed by atoms with Crippen molar-refractivity contribution in [2.45, 2.75) is 31.1 Å². The van der Waals surface area contributed by atoms with Gasteiger partial charge in [-0.3, -0.25) is 14.5 Å². The molecule has 3 aliphatic heterocycles. The Balaban J connectivity index is 1.31. The molecular weight excluding hydrogens is 423 g/mol. The standard InChI is InChI=1S/C19H23ClF3N5O2/c20-15-7-12(19(21,22)23)9-25-17(15)27-5-3-26(4-6-27)13-8-16(24-10-13)18(30)28-2-1-14(29)11-28/h7,9,13,16,24H,1-6,8,10-11H2/t13-,16-/m0/s1. The molecule has 0 bridgehead atoms. The molecule has 11 heteroatoms. The number of pyridine rings is 1. The van der Waals surface area contributed by atoms with Gasteiger partial charge in [-0.15, -0.1) is 0 Å². The number of nitrogens with one attached hydrogen (secondary N) is 1. The zero-order valence-corrected chi connectivity index (χ0v) is 17.0. The minimum atomic E-state index is -4.47. The molecule has 0 unspecified atom stereocenters. The number of carbonyl (C=O) groups excluding carboxylic acids is 2. The summed E-state index contributed by atoms with van der Waals surface area (Å²) in [5.41, 5.74) is -0.859. The number of alkyl halides is 3. The third-order valence-electron chi connectivity index (χ3n) is 6.02. The third kappa shape index (κ3) is 4.40. The summed E-state index contributed by atoms with van der Waals surface area (Å²) in [5.74, 6) is 0.452. The van der Waals surface area contributed by atoms with E-state index in [1.54, 1.807) is 4.90 Å². The number of Topliss-reactive ketones (excluding diaryl/α,β-unsaturated/α-hetero) is 1.